The predicted octanol–water partition coefficient (Wildman–Crippen LogP) is 11.3. The molecule has 0 saturated heterocycles. The molecule has 0 saturated carbocycles. The summed E-state index contributed by atoms with van der Waals surface area (Å²) in [5.41, 5.74) is 1.70. The molecule has 1 rings (SSSR count). The number of unbranched alkanes of at least 4 members (excludes halogenated alkanes) is 24. The first-order chi connectivity index (χ1) is 25.0. The van der Waals surface area contributed by atoms with E-state index in [4.69, 9.17) is 4.74 Å². The van der Waals surface area contributed by atoms with Crippen molar-refractivity contribution in [2.75, 3.05) is 13.7 Å². The largest absolute Gasteiger partial charge is 0.467 e. The monoisotopic (exact) mass is 709 g/mol. The number of carbonyl (C=O) groups excluding carboxylic acids is 3. The second-order valence-corrected chi connectivity index (χ2v) is 14.6. The van der Waals surface area contributed by atoms with Crippen LogP contribution in [-0.4, -0.2) is 37.5 Å². The van der Waals surface area contributed by atoms with Gasteiger partial charge < -0.3 is 15.4 Å². The van der Waals surface area contributed by atoms with E-state index in [1.54, 1.807) is 0 Å². The summed E-state index contributed by atoms with van der Waals surface area (Å²) in [6.45, 7) is 4.83. The van der Waals surface area contributed by atoms with Crippen molar-refractivity contribution < 1.29 is 19.1 Å². The Morgan fingerprint density at radius 2 is 1.04 bits per heavy atom. The van der Waals surface area contributed by atoms with Crippen molar-refractivity contribution in [3.63, 3.8) is 0 Å². The number of ether oxygens (including phenoxy) is 1. The van der Waals surface area contributed by atoms with Gasteiger partial charge in [-0.1, -0.05) is 192 Å². The van der Waals surface area contributed by atoms with E-state index in [-0.39, 0.29) is 11.8 Å². The molecule has 0 heterocycles. The number of hydrogen-bond acceptors (Lipinski definition) is 4. The molecule has 2 amide bonds. The molecule has 0 aliphatic carbocycles. The van der Waals surface area contributed by atoms with Gasteiger partial charge in [0.2, 0.25) is 11.8 Å². The zero-order valence-electron chi connectivity index (χ0n) is 33.2. The van der Waals surface area contributed by atoms with Crippen LogP contribution in [0.1, 0.15) is 205 Å². The van der Waals surface area contributed by atoms with Gasteiger partial charge in [0.1, 0.15) is 6.04 Å². The summed E-state index contributed by atoms with van der Waals surface area (Å²) in [5, 5.41) is 5.80. The van der Waals surface area contributed by atoms with E-state index < -0.39 is 12.0 Å². The second-order valence-electron chi connectivity index (χ2n) is 14.6. The van der Waals surface area contributed by atoms with Gasteiger partial charge in [0.15, 0.2) is 0 Å². The van der Waals surface area contributed by atoms with Crippen molar-refractivity contribution in [3.8, 4) is 11.8 Å². The Morgan fingerprint density at radius 3 is 1.49 bits per heavy atom. The molecule has 0 aromatic heterocycles. The zero-order chi connectivity index (χ0) is 37.0. The van der Waals surface area contributed by atoms with Crippen molar-refractivity contribution in [2.24, 2.45) is 0 Å². The lowest BCUT2D eigenvalue weighted by Gasteiger charge is -2.17. The molecule has 0 aliphatic heterocycles. The summed E-state index contributed by atoms with van der Waals surface area (Å²) in [7, 11) is 1.35. The number of nitrogens with one attached hydrogen (secondary N) is 2. The lowest BCUT2D eigenvalue weighted by atomic mass is 10.0. The average Bonchev–Trinajstić information content (AvgIpc) is 3.13. The third-order valence-corrected chi connectivity index (χ3v) is 9.81. The Balaban J connectivity index is 2.23. The van der Waals surface area contributed by atoms with E-state index in [0.29, 0.717) is 25.8 Å². The highest BCUT2D eigenvalue weighted by Crippen LogP contribution is 2.15. The highest BCUT2D eigenvalue weighted by atomic mass is 16.5. The Hall–Kier alpha value is -2.81. The summed E-state index contributed by atoms with van der Waals surface area (Å²) in [4.78, 5) is 37.4. The van der Waals surface area contributed by atoms with E-state index in [2.05, 4.69) is 36.3 Å². The molecule has 0 aliphatic rings. The molecule has 0 bridgehead atoms. The predicted molar refractivity (Wildman–Crippen MR) is 215 cm³/mol. The van der Waals surface area contributed by atoms with Gasteiger partial charge in [-0.2, -0.15) is 0 Å². The van der Waals surface area contributed by atoms with Crippen LogP contribution in [0.4, 0.5) is 0 Å². The molecule has 1 aromatic carbocycles. The van der Waals surface area contributed by atoms with Gasteiger partial charge in [0.25, 0.3) is 0 Å². The Labute approximate surface area is 313 Å². The normalized spacial score (nSPS) is 11.4. The van der Waals surface area contributed by atoms with E-state index in [0.717, 1.165) is 43.2 Å². The molecule has 0 unspecified atom stereocenters. The Kier molecular flexibility index (Phi) is 31.1. The quantitative estimate of drug-likeness (QED) is 0.0432. The van der Waals surface area contributed by atoms with Crippen molar-refractivity contribution >= 4 is 17.8 Å². The minimum Gasteiger partial charge on any atom is -0.467 e. The minimum absolute atomic E-state index is 0.0524. The summed E-state index contributed by atoms with van der Waals surface area (Å²) < 4.78 is 5.00. The van der Waals surface area contributed by atoms with E-state index in [1.165, 1.54) is 142 Å². The number of carbonyl (C=O) groups is 3. The number of rotatable bonds is 33. The summed E-state index contributed by atoms with van der Waals surface area (Å²) in [6.07, 6.45) is 34.5. The maximum absolute atomic E-state index is 12.7. The topological polar surface area (TPSA) is 84.5 Å². The van der Waals surface area contributed by atoms with Crippen molar-refractivity contribution in [2.45, 2.75) is 206 Å². The van der Waals surface area contributed by atoms with Gasteiger partial charge in [-0.25, -0.2) is 4.79 Å². The SMILES string of the molecule is CCCCCCCCCCCCCCCC(=O)NCC#Cc1cccc(C[C@H](NC(=O)CCCCCCCCCCCCCCC)C(=O)OC)c1. The third kappa shape index (κ3) is 28.5. The fourth-order valence-electron chi connectivity index (χ4n) is 6.60. The maximum atomic E-state index is 12.7. The molecule has 0 radical (unpaired) electrons. The molecule has 51 heavy (non-hydrogen) atoms. The van der Waals surface area contributed by atoms with Crippen LogP contribution >= 0.6 is 0 Å². The highest BCUT2D eigenvalue weighted by molar-refractivity contribution is 5.84. The smallest absolute Gasteiger partial charge is 0.328 e. The van der Waals surface area contributed by atoms with E-state index >= 15 is 0 Å². The van der Waals surface area contributed by atoms with Crippen LogP contribution in [0.15, 0.2) is 24.3 Å². The minimum atomic E-state index is -0.739. The van der Waals surface area contributed by atoms with Gasteiger partial charge in [-0.3, -0.25) is 9.59 Å². The van der Waals surface area contributed by atoms with Crippen molar-refractivity contribution in [1.82, 2.24) is 10.6 Å². The number of amides is 2. The Bertz CT molecular complexity index is 1080. The lowest BCUT2D eigenvalue weighted by molar-refractivity contribution is -0.145. The molecule has 6 nitrogen and oxygen atoms in total. The van der Waals surface area contributed by atoms with E-state index in [1.807, 2.05) is 24.3 Å². The number of benzene rings is 1. The zero-order valence-corrected chi connectivity index (χ0v) is 33.2. The molecular formula is C45H76N2O4. The fraction of sp³-hybridized carbons (Fsp3) is 0.756. The highest BCUT2D eigenvalue weighted by Gasteiger charge is 2.22. The Morgan fingerprint density at radius 1 is 0.608 bits per heavy atom. The van der Waals surface area contributed by atoms with Crippen LogP contribution in [0.5, 0.6) is 0 Å². The van der Waals surface area contributed by atoms with Gasteiger partial charge in [-0.15, -0.1) is 0 Å². The first kappa shape index (κ1) is 46.2. The van der Waals surface area contributed by atoms with Crippen molar-refractivity contribution in [3.05, 3.63) is 35.4 Å². The van der Waals surface area contributed by atoms with Gasteiger partial charge >= 0.3 is 5.97 Å². The molecule has 290 valence electrons. The van der Waals surface area contributed by atoms with Crippen LogP contribution in [0.2, 0.25) is 0 Å². The van der Waals surface area contributed by atoms with Crippen LogP contribution in [-0.2, 0) is 25.5 Å². The van der Waals surface area contributed by atoms with Gasteiger partial charge in [0, 0.05) is 24.8 Å². The van der Waals surface area contributed by atoms with Gasteiger partial charge in [-0.05, 0) is 30.5 Å². The first-order valence-corrected chi connectivity index (χ1v) is 21.2. The first-order valence-electron chi connectivity index (χ1n) is 21.2. The molecule has 0 fully saturated rings. The summed E-state index contributed by atoms with van der Waals surface area (Å²) >= 11 is 0. The molecule has 6 heteroatoms. The fourth-order valence-corrected chi connectivity index (χ4v) is 6.60. The summed E-state index contributed by atoms with van der Waals surface area (Å²) in [5.74, 6) is 5.65. The van der Waals surface area contributed by atoms with Gasteiger partial charge in [0.05, 0.1) is 13.7 Å². The number of esters is 1. The third-order valence-electron chi connectivity index (χ3n) is 9.81. The van der Waals surface area contributed by atoms with Crippen molar-refractivity contribution in [1.29, 1.82) is 0 Å². The molecule has 1 atom stereocenters. The van der Waals surface area contributed by atoms with Crippen LogP contribution in [0.3, 0.4) is 0 Å². The van der Waals surface area contributed by atoms with Crippen LogP contribution < -0.4 is 10.6 Å². The molecule has 2 N–H and O–H groups in total. The average molecular weight is 709 g/mol. The van der Waals surface area contributed by atoms with E-state index in [9.17, 15) is 14.4 Å². The number of hydrogen-bond donors (Lipinski definition) is 2. The molecular weight excluding hydrogens is 633 g/mol. The van der Waals surface area contributed by atoms with Crippen LogP contribution in [0, 0.1) is 11.8 Å². The maximum Gasteiger partial charge on any atom is 0.328 e. The summed E-state index contributed by atoms with van der Waals surface area (Å²) in [6, 6.07) is 6.92. The molecule has 0 spiro atoms. The molecule has 1 aromatic rings. The number of methoxy groups -OCH3 is 1. The lowest BCUT2D eigenvalue weighted by Crippen LogP contribution is -2.43. The van der Waals surface area contributed by atoms with Crippen LogP contribution in [0.25, 0.3) is 0 Å². The standard InChI is InChI=1S/C45H76N2O4/c1-4-6-8-10-12-14-16-18-20-22-24-26-28-35-43(48)46-37-31-34-40-32-30-33-41(38-40)39-42(45(50)51-3)47-44(49)36-29-27-25-23-21-19-17-15-13-11-9-7-5-2/h30,32-33,38,42H,4-29,35-37,39H2,1-3H3,(H,46,48)(H,47,49)/t42-/m0/s1. The second kappa shape index (κ2) is 34.3.